The maximum atomic E-state index is 11.9. The first-order valence-electron chi connectivity index (χ1n) is 6.35. The minimum Gasteiger partial charge on any atom is -0.454 e. The van der Waals surface area contributed by atoms with Gasteiger partial charge in [0.25, 0.3) is 5.56 Å². The van der Waals surface area contributed by atoms with Gasteiger partial charge in [-0.15, -0.1) is 0 Å². The maximum Gasteiger partial charge on any atom is 0.374 e. The molecular weight excluding hydrogens is 272 g/mol. The maximum absolute atomic E-state index is 11.9. The first-order chi connectivity index (χ1) is 10.1. The number of furan rings is 1. The highest BCUT2D eigenvalue weighted by atomic mass is 16.5. The molecule has 6 nitrogen and oxygen atoms in total. The van der Waals surface area contributed by atoms with Gasteiger partial charge >= 0.3 is 5.97 Å². The lowest BCUT2D eigenvalue weighted by Gasteiger charge is -2.04. The molecule has 0 atom stereocenters. The van der Waals surface area contributed by atoms with Gasteiger partial charge < -0.3 is 14.1 Å². The number of carbonyl (C=O) groups excluding carboxylic acids is 1. The van der Waals surface area contributed by atoms with E-state index >= 15 is 0 Å². The lowest BCUT2D eigenvalue weighted by Crippen LogP contribution is -2.14. The van der Waals surface area contributed by atoms with Crippen molar-refractivity contribution in [3.05, 3.63) is 64.1 Å². The molecule has 0 saturated carbocycles. The normalized spacial score (nSPS) is 10.7. The Bertz CT molecular complexity index is 863. The monoisotopic (exact) mass is 284 g/mol. The summed E-state index contributed by atoms with van der Waals surface area (Å²) in [6.07, 6.45) is 0. The number of benzene rings is 1. The molecule has 3 rings (SSSR count). The quantitative estimate of drug-likeness (QED) is 0.745. The highest BCUT2D eigenvalue weighted by Gasteiger charge is 2.12. The summed E-state index contributed by atoms with van der Waals surface area (Å²) in [6.45, 7) is 1.61. The molecule has 1 aromatic carbocycles. The molecule has 0 aliphatic rings. The van der Waals surface area contributed by atoms with Gasteiger partial charge in [0.05, 0.1) is 10.9 Å². The molecule has 6 heteroatoms. The Morgan fingerprint density at radius 2 is 2.10 bits per heavy atom. The Labute approximate surface area is 119 Å². The molecule has 0 unspecified atom stereocenters. The third-order valence-electron chi connectivity index (χ3n) is 2.94. The SMILES string of the molecule is Cc1ccc(C(=O)OCc2nc3ccccc3c(=O)[nH]2)o1. The fraction of sp³-hybridized carbons (Fsp3) is 0.133. The van der Waals surface area contributed by atoms with Crippen molar-refractivity contribution in [3.63, 3.8) is 0 Å². The van der Waals surface area contributed by atoms with Crippen LogP contribution in [0.25, 0.3) is 10.9 Å². The van der Waals surface area contributed by atoms with E-state index in [0.29, 0.717) is 16.7 Å². The van der Waals surface area contributed by atoms with Crippen molar-refractivity contribution in [2.75, 3.05) is 0 Å². The van der Waals surface area contributed by atoms with Crippen LogP contribution in [-0.2, 0) is 11.3 Å². The van der Waals surface area contributed by atoms with Crippen LogP contribution in [0.4, 0.5) is 0 Å². The molecule has 0 aliphatic heterocycles. The number of aryl methyl sites for hydroxylation is 1. The molecule has 106 valence electrons. The number of H-pyrrole nitrogens is 1. The second kappa shape index (κ2) is 5.24. The van der Waals surface area contributed by atoms with E-state index in [2.05, 4.69) is 9.97 Å². The number of ether oxygens (including phenoxy) is 1. The minimum absolute atomic E-state index is 0.121. The van der Waals surface area contributed by atoms with E-state index < -0.39 is 5.97 Å². The zero-order valence-corrected chi connectivity index (χ0v) is 11.3. The zero-order chi connectivity index (χ0) is 14.8. The molecule has 0 fully saturated rings. The summed E-state index contributed by atoms with van der Waals surface area (Å²) < 4.78 is 10.2. The van der Waals surface area contributed by atoms with Gasteiger partial charge in [-0.05, 0) is 31.2 Å². The van der Waals surface area contributed by atoms with Crippen LogP contribution < -0.4 is 5.56 Å². The van der Waals surface area contributed by atoms with Gasteiger partial charge in [0.2, 0.25) is 5.76 Å². The lowest BCUT2D eigenvalue weighted by atomic mass is 10.2. The molecule has 0 bridgehead atoms. The second-order valence-corrected chi connectivity index (χ2v) is 4.52. The summed E-state index contributed by atoms with van der Waals surface area (Å²) in [5, 5.41) is 0.495. The molecule has 21 heavy (non-hydrogen) atoms. The number of fused-ring (bicyclic) bond motifs is 1. The summed E-state index contributed by atoms with van der Waals surface area (Å²) in [4.78, 5) is 30.4. The van der Waals surface area contributed by atoms with E-state index in [-0.39, 0.29) is 23.8 Å². The van der Waals surface area contributed by atoms with E-state index in [0.717, 1.165) is 0 Å². The zero-order valence-electron chi connectivity index (χ0n) is 11.3. The third kappa shape index (κ3) is 2.69. The summed E-state index contributed by atoms with van der Waals surface area (Å²) in [5.41, 5.74) is 0.293. The Balaban J connectivity index is 1.79. The molecule has 0 saturated heterocycles. The number of hydrogen-bond donors (Lipinski definition) is 1. The van der Waals surface area contributed by atoms with Crippen molar-refractivity contribution in [1.82, 2.24) is 9.97 Å². The minimum atomic E-state index is -0.598. The standard InChI is InChI=1S/C15H12N2O4/c1-9-6-7-12(21-9)15(19)20-8-13-16-11-5-3-2-4-10(11)14(18)17-13/h2-7H,8H2,1H3,(H,16,17,18). The fourth-order valence-electron chi connectivity index (χ4n) is 1.95. The van der Waals surface area contributed by atoms with Gasteiger partial charge in [-0.1, -0.05) is 12.1 Å². The predicted octanol–water partition coefficient (Wildman–Crippen LogP) is 2.18. The van der Waals surface area contributed by atoms with Crippen LogP contribution in [0.5, 0.6) is 0 Å². The predicted molar refractivity (Wildman–Crippen MR) is 74.9 cm³/mol. The van der Waals surface area contributed by atoms with Crippen molar-refractivity contribution in [3.8, 4) is 0 Å². The van der Waals surface area contributed by atoms with Crippen molar-refractivity contribution in [1.29, 1.82) is 0 Å². The molecule has 0 aliphatic carbocycles. The first-order valence-corrected chi connectivity index (χ1v) is 6.35. The summed E-state index contributed by atoms with van der Waals surface area (Å²) in [7, 11) is 0. The number of carbonyl (C=O) groups is 1. The Hall–Kier alpha value is -2.89. The number of esters is 1. The van der Waals surface area contributed by atoms with Gasteiger partial charge in [-0.2, -0.15) is 0 Å². The van der Waals surface area contributed by atoms with Crippen molar-refractivity contribution >= 4 is 16.9 Å². The van der Waals surface area contributed by atoms with Gasteiger partial charge in [-0.3, -0.25) is 4.79 Å². The average molecular weight is 284 g/mol. The lowest BCUT2D eigenvalue weighted by molar-refractivity contribution is 0.0424. The molecule has 2 heterocycles. The second-order valence-electron chi connectivity index (χ2n) is 4.52. The smallest absolute Gasteiger partial charge is 0.374 e. The van der Waals surface area contributed by atoms with Crippen molar-refractivity contribution in [2.24, 2.45) is 0 Å². The molecule has 1 N–H and O–H groups in total. The van der Waals surface area contributed by atoms with Crippen LogP contribution in [-0.4, -0.2) is 15.9 Å². The summed E-state index contributed by atoms with van der Waals surface area (Å²) in [6, 6.07) is 10.2. The number of nitrogens with one attached hydrogen (secondary N) is 1. The molecule has 0 spiro atoms. The van der Waals surface area contributed by atoms with Gasteiger partial charge in [-0.25, -0.2) is 9.78 Å². The summed E-state index contributed by atoms with van der Waals surface area (Å²) in [5.74, 6) is 0.434. The number of aromatic nitrogens is 2. The highest BCUT2D eigenvalue weighted by Crippen LogP contribution is 2.10. The number of hydrogen-bond acceptors (Lipinski definition) is 5. The Morgan fingerprint density at radius 1 is 1.29 bits per heavy atom. The van der Waals surface area contributed by atoms with Crippen LogP contribution in [0.1, 0.15) is 22.1 Å². The van der Waals surface area contributed by atoms with E-state index in [4.69, 9.17) is 9.15 Å². The molecular formula is C15H12N2O4. The van der Waals surface area contributed by atoms with E-state index in [1.807, 2.05) is 0 Å². The number of para-hydroxylation sites is 1. The first kappa shape index (κ1) is 13.1. The van der Waals surface area contributed by atoms with E-state index in [1.54, 1.807) is 37.3 Å². The van der Waals surface area contributed by atoms with Crippen LogP contribution in [0.3, 0.4) is 0 Å². The summed E-state index contributed by atoms with van der Waals surface area (Å²) >= 11 is 0. The Kier molecular flexibility index (Phi) is 3.27. The highest BCUT2D eigenvalue weighted by molar-refractivity contribution is 5.86. The van der Waals surface area contributed by atoms with Gasteiger partial charge in [0, 0.05) is 0 Å². The van der Waals surface area contributed by atoms with Crippen LogP contribution >= 0.6 is 0 Å². The number of nitrogens with zero attached hydrogens (tertiary/aromatic N) is 1. The topological polar surface area (TPSA) is 85.2 Å². The fourth-order valence-corrected chi connectivity index (χ4v) is 1.95. The molecule has 0 amide bonds. The molecule has 2 aromatic heterocycles. The van der Waals surface area contributed by atoms with Crippen LogP contribution in [0, 0.1) is 6.92 Å². The Morgan fingerprint density at radius 3 is 2.86 bits per heavy atom. The van der Waals surface area contributed by atoms with E-state index in [1.165, 1.54) is 6.07 Å². The van der Waals surface area contributed by atoms with Crippen molar-refractivity contribution < 1.29 is 13.9 Å². The largest absolute Gasteiger partial charge is 0.454 e. The van der Waals surface area contributed by atoms with E-state index in [9.17, 15) is 9.59 Å². The van der Waals surface area contributed by atoms with Crippen molar-refractivity contribution in [2.45, 2.75) is 13.5 Å². The number of aromatic amines is 1. The average Bonchev–Trinajstić information content (AvgIpc) is 2.91. The number of rotatable bonds is 3. The van der Waals surface area contributed by atoms with Gasteiger partial charge in [0.1, 0.15) is 18.2 Å². The van der Waals surface area contributed by atoms with Crippen LogP contribution in [0.2, 0.25) is 0 Å². The van der Waals surface area contributed by atoms with Gasteiger partial charge in [0.15, 0.2) is 0 Å². The molecule has 0 radical (unpaired) electrons. The molecule has 3 aromatic rings. The van der Waals surface area contributed by atoms with Crippen LogP contribution in [0.15, 0.2) is 45.6 Å². The third-order valence-corrected chi connectivity index (χ3v) is 2.94.